The summed E-state index contributed by atoms with van der Waals surface area (Å²) in [5.74, 6) is -0.338. The summed E-state index contributed by atoms with van der Waals surface area (Å²) >= 11 is 1.36. The van der Waals surface area contributed by atoms with Gasteiger partial charge in [0.1, 0.15) is 5.56 Å². The summed E-state index contributed by atoms with van der Waals surface area (Å²) in [5.41, 5.74) is -0.274. The molecule has 8 heteroatoms. The zero-order valence-corrected chi connectivity index (χ0v) is 14.8. The van der Waals surface area contributed by atoms with Gasteiger partial charge in [0.25, 0.3) is 11.5 Å². The first-order valence-corrected chi connectivity index (χ1v) is 9.69. The number of thiazole rings is 1. The van der Waals surface area contributed by atoms with Crippen LogP contribution in [0.2, 0.25) is 0 Å². The first-order chi connectivity index (χ1) is 12.1. The van der Waals surface area contributed by atoms with Gasteiger partial charge in [-0.1, -0.05) is 12.8 Å². The van der Waals surface area contributed by atoms with Crippen molar-refractivity contribution in [3.63, 3.8) is 0 Å². The highest BCUT2D eigenvalue weighted by atomic mass is 32.1. The number of aliphatic hydroxyl groups excluding tert-OH is 1. The first-order valence-electron chi connectivity index (χ1n) is 8.81. The van der Waals surface area contributed by atoms with Crippen molar-refractivity contribution in [2.24, 2.45) is 0 Å². The fourth-order valence-corrected chi connectivity index (χ4v) is 4.54. The van der Waals surface area contributed by atoms with Crippen LogP contribution in [0.4, 0.5) is 0 Å². The smallest absolute Gasteiger partial charge is 0.271 e. The van der Waals surface area contributed by atoms with Crippen LogP contribution in [0.15, 0.2) is 22.6 Å². The Balaban J connectivity index is 1.54. The maximum atomic E-state index is 12.8. The SMILES string of the molecule is O=C(c1cnc2sccn2c1=O)N1C[C@H](O)[C@@H](N2CCCCCC2)C1. The standard InChI is InChI=1S/C17H22N4O3S/c22-14-11-20(10-13(14)19-5-3-1-2-4-6-19)15(23)12-9-18-17-21(16(12)24)7-8-25-17/h7-9,13-14,22H,1-6,10-11H2/t13-,14-/m0/s1. The molecule has 1 N–H and O–H groups in total. The van der Waals surface area contributed by atoms with Gasteiger partial charge in [-0.25, -0.2) is 4.98 Å². The molecule has 2 atom stereocenters. The number of nitrogens with zero attached hydrogens (tertiary/aromatic N) is 4. The first kappa shape index (κ1) is 16.7. The Morgan fingerprint density at radius 3 is 2.72 bits per heavy atom. The average molecular weight is 362 g/mol. The van der Waals surface area contributed by atoms with Gasteiger partial charge in [-0.3, -0.25) is 18.9 Å². The minimum atomic E-state index is -0.567. The van der Waals surface area contributed by atoms with Crippen LogP contribution in [0, 0.1) is 0 Å². The quantitative estimate of drug-likeness (QED) is 0.856. The monoisotopic (exact) mass is 362 g/mol. The molecule has 1 amide bonds. The third kappa shape index (κ3) is 3.09. The summed E-state index contributed by atoms with van der Waals surface area (Å²) in [5, 5.41) is 12.2. The topological polar surface area (TPSA) is 78.2 Å². The number of fused-ring (bicyclic) bond motifs is 1. The number of β-amino-alcohol motifs (C(OH)–C–C–N with tert-alkyl or cyclic N) is 1. The molecule has 0 spiro atoms. The fourth-order valence-electron chi connectivity index (χ4n) is 3.86. The predicted molar refractivity (Wildman–Crippen MR) is 95.1 cm³/mol. The molecule has 2 fully saturated rings. The Labute approximate surface area is 149 Å². The van der Waals surface area contributed by atoms with Crippen molar-refractivity contribution < 1.29 is 9.90 Å². The van der Waals surface area contributed by atoms with E-state index < -0.39 is 6.10 Å². The second-order valence-corrected chi connectivity index (χ2v) is 7.70. The van der Waals surface area contributed by atoms with E-state index in [0.717, 1.165) is 25.9 Å². The molecule has 2 saturated heterocycles. The van der Waals surface area contributed by atoms with Crippen molar-refractivity contribution in [1.29, 1.82) is 0 Å². The van der Waals surface area contributed by atoms with E-state index in [1.54, 1.807) is 16.5 Å². The molecule has 0 aliphatic carbocycles. The van der Waals surface area contributed by atoms with E-state index in [1.807, 2.05) is 0 Å². The average Bonchev–Trinajstić information content (AvgIpc) is 3.14. The lowest BCUT2D eigenvalue weighted by Gasteiger charge is -2.29. The van der Waals surface area contributed by atoms with Crippen LogP contribution in [0.5, 0.6) is 0 Å². The van der Waals surface area contributed by atoms with Crippen LogP contribution in [-0.2, 0) is 0 Å². The maximum absolute atomic E-state index is 12.8. The number of carbonyl (C=O) groups is 1. The number of hydrogen-bond acceptors (Lipinski definition) is 6. The summed E-state index contributed by atoms with van der Waals surface area (Å²) < 4.78 is 1.40. The minimum absolute atomic E-state index is 0.0392. The van der Waals surface area contributed by atoms with E-state index in [0.29, 0.717) is 11.5 Å². The number of aromatic nitrogens is 2. The van der Waals surface area contributed by atoms with Gasteiger partial charge in [0.2, 0.25) is 0 Å². The summed E-state index contributed by atoms with van der Waals surface area (Å²) in [6, 6.07) is -0.0392. The summed E-state index contributed by atoms with van der Waals surface area (Å²) in [6.45, 7) is 2.67. The largest absolute Gasteiger partial charge is 0.390 e. The van der Waals surface area contributed by atoms with Crippen molar-refractivity contribution in [2.45, 2.75) is 37.8 Å². The van der Waals surface area contributed by atoms with E-state index >= 15 is 0 Å². The highest BCUT2D eigenvalue weighted by Gasteiger charge is 2.38. The van der Waals surface area contributed by atoms with Crippen LogP contribution in [0.25, 0.3) is 4.96 Å². The second kappa shape index (κ2) is 6.86. The Morgan fingerprint density at radius 1 is 1.20 bits per heavy atom. The fraction of sp³-hybridized carbons (Fsp3) is 0.588. The van der Waals surface area contributed by atoms with Gasteiger partial charge in [0.15, 0.2) is 4.96 Å². The van der Waals surface area contributed by atoms with E-state index in [1.165, 1.54) is 34.8 Å². The van der Waals surface area contributed by atoms with Crippen molar-refractivity contribution >= 4 is 22.2 Å². The maximum Gasteiger partial charge on any atom is 0.271 e. The number of likely N-dealkylation sites (tertiary alicyclic amines) is 2. The molecule has 7 nitrogen and oxygen atoms in total. The Morgan fingerprint density at radius 2 is 1.96 bits per heavy atom. The van der Waals surface area contributed by atoms with Crippen LogP contribution in [0.3, 0.4) is 0 Å². The molecular formula is C17H22N4O3S. The molecular weight excluding hydrogens is 340 g/mol. The van der Waals surface area contributed by atoms with Gasteiger partial charge in [0.05, 0.1) is 12.1 Å². The van der Waals surface area contributed by atoms with Gasteiger partial charge in [0, 0.05) is 30.9 Å². The van der Waals surface area contributed by atoms with Crippen molar-refractivity contribution in [3.05, 3.63) is 33.7 Å². The van der Waals surface area contributed by atoms with Gasteiger partial charge in [-0.05, 0) is 25.9 Å². The van der Waals surface area contributed by atoms with Crippen LogP contribution in [0.1, 0.15) is 36.0 Å². The summed E-state index contributed by atoms with van der Waals surface area (Å²) in [6.07, 6.45) is 7.15. The number of aliphatic hydroxyl groups is 1. The molecule has 0 aromatic carbocycles. The second-order valence-electron chi connectivity index (χ2n) is 6.83. The van der Waals surface area contributed by atoms with Crippen LogP contribution < -0.4 is 5.56 Å². The minimum Gasteiger partial charge on any atom is -0.390 e. The van der Waals surface area contributed by atoms with Gasteiger partial charge in [-0.2, -0.15) is 0 Å². The van der Waals surface area contributed by atoms with Crippen molar-refractivity contribution in [3.8, 4) is 0 Å². The highest BCUT2D eigenvalue weighted by Crippen LogP contribution is 2.21. The van der Waals surface area contributed by atoms with Crippen molar-refractivity contribution in [2.75, 3.05) is 26.2 Å². The molecule has 2 aromatic rings. The molecule has 25 heavy (non-hydrogen) atoms. The van der Waals surface area contributed by atoms with Crippen LogP contribution >= 0.6 is 11.3 Å². The van der Waals surface area contributed by atoms with Crippen LogP contribution in [-0.4, -0.2) is 68.5 Å². The predicted octanol–water partition coefficient (Wildman–Crippen LogP) is 0.817. The third-order valence-corrected chi connectivity index (χ3v) is 6.00. The van der Waals surface area contributed by atoms with Gasteiger partial charge >= 0.3 is 0 Å². The number of hydrogen-bond donors (Lipinski definition) is 1. The van der Waals surface area contributed by atoms with Gasteiger partial charge < -0.3 is 10.0 Å². The normalized spacial score (nSPS) is 25.4. The molecule has 2 aliphatic heterocycles. The molecule has 0 bridgehead atoms. The Kier molecular flexibility index (Phi) is 4.58. The van der Waals surface area contributed by atoms with E-state index in [-0.39, 0.29) is 29.6 Å². The molecule has 134 valence electrons. The van der Waals surface area contributed by atoms with E-state index in [2.05, 4.69) is 9.88 Å². The molecule has 0 radical (unpaired) electrons. The Bertz CT molecular complexity index is 825. The van der Waals surface area contributed by atoms with Gasteiger partial charge in [-0.15, -0.1) is 11.3 Å². The molecule has 2 aliphatic rings. The number of carbonyl (C=O) groups excluding carboxylic acids is 1. The zero-order valence-electron chi connectivity index (χ0n) is 14.0. The summed E-state index contributed by atoms with van der Waals surface area (Å²) in [7, 11) is 0. The lowest BCUT2D eigenvalue weighted by atomic mass is 10.1. The summed E-state index contributed by atoms with van der Waals surface area (Å²) in [4.78, 5) is 34.0. The number of rotatable bonds is 2. The molecule has 2 aromatic heterocycles. The molecule has 4 heterocycles. The lowest BCUT2D eigenvalue weighted by molar-refractivity contribution is 0.0758. The van der Waals surface area contributed by atoms with Crippen molar-refractivity contribution in [1.82, 2.24) is 19.2 Å². The highest BCUT2D eigenvalue weighted by molar-refractivity contribution is 7.15. The lowest BCUT2D eigenvalue weighted by Crippen LogP contribution is -2.44. The molecule has 0 saturated carbocycles. The Hall–Kier alpha value is -1.77. The number of amides is 1. The third-order valence-electron chi connectivity index (χ3n) is 5.23. The van der Waals surface area contributed by atoms with E-state index in [9.17, 15) is 14.7 Å². The molecule has 4 rings (SSSR count). The van der Waals surface area contributed by atoms with E-state index in [4.69, 9.17) is 0 Å². The zero-order chi connectivity index (χ0) is 17.4. The molecule has 0 unspecified atom stereocenters.